The predicted molar refractivity (Wildman–Crippen MR) is 132 cm³/mol. The van der Waals surface area contributed by atoms with Crippen LogP contribution in [0.5, 0.6) is 0 Å². The van der Waals surface area contributed by atoms with Gasteiger partial charge in [-0.15, -0.1) is 0 Å². The van der Waals surface area contributed by atoms with Crippen molar-refractivity contribution in [3.8, 4) is 0 Å². The number of benzene rings is 4. The van der Waals surface area contributed by atoms with Crippen molar-refractivity contribution in [2.45, 2.75) is 49.4 Å². The highest BCUT2D eigenvalue weighted by Gasteiger charge is 2.67. The van der Waals surface area contributed by atoms with E-state index in [-0.39, 0.29) is 21.7 Å². The Morgan fingerprint density at radius 2 is 0.406 bits per heavy atom. The molecule has 6 aliphatic rings. The molecule has 0 fully saturated rings. The van der Waals surface area contributed by atoms with Gasteiger partial charge in [0.2, 0.25) is 0 Å². The molecule has 0 nitrogen and oxygen atoms in total. The third-order valence-electron chi connectivity index (χ3n) is 10.0. The van der Waals surface area contributed by atoms with Crippen molar-refractivity contribution in [2.24, 2.45) is 0 Å². The summed E-state index contributed by atoms with van der Waals surface area (Å²) in [5, 5.41) is 0. The molecule has 4 aromatic rings. The first-order valence-electron chi connectivity index (χ1n) is 11.8. The first-order valence-corrected chi connectivity index (χ1v) is 11.8. The van der Waals surface area contributed by atoms with Crippen molar-refractivity contribution in [2.75, 3.05) is 0 Å². The molecule has 4 bridgehead atoms. The molecule has 0 spiro atoms. The SMILES string of the molecule is CC12c3ccccc3C(C)(c3ccccc31)C1(C)c3ccccc3C2(C)c2ccccc21. The molecular weight excluding hydrogens is 384 g/mol. The van der Waals surface area contributed by atoms with Crippen LogP contribution >= 0.6 is 0 Å². The molecular formula is C32H28. The summed E-state index contributed by atoms with van der Waals surface area (Å²) in [6, 6.07) is 37.2. The fourth-order valence-electron chi connectivity index (χ4n) is 8.16. The van der Waals surface area contributed by atoms with Gasteiger partial charge in [-0.1, -0.05) is 125 Å². The molecule has 0 aliphatic heterocycles. The van der Waals surface area contributed by atoms with Crippen LogP contribution < -0.4 is 0 Å². The van der Waals surface area contributed by atoms with Gasteiger partial charge in [0.1, 0.15) is 0 Å². The molecule has 0 radical (unpaired) electrons. The lowest BCUT2D eigenvalue weighted by atomic mass is 9.35. The van der Waals surface area contributed by atoms with Gasteiger partial charge in [-0.25, -0.2) is 0 Å². The molecule has 0 N–H and O–H groups in total. The average molecular weight is 413 g/mol. The molecule has 0 atom stereocenters. The van der Waals surface area contributed by atoms with Gasteiger partial charge in [-0.05, 0) is 44.5 Å². The highest BCUT2D eigenvalue weighted by molar-refractivity contribution is 5.76. The maximum Gasteiger partial charge on any atom is 0.0315 e. The van der Waals surface area contributed by atoms with Crippen molar-refractivity contribution in [3.63, 3.8) is 0 Å². The normalized spacial score (nSPS) is 32.9. The van der Waals surface area contributed by atoms with E-state index in [0.717, 1.165) is 0 Å². The third kappa shape index (κ3) is 1.58. The van der Waals surface area contributed by atoms with E-state index in [1.165, 1.54) is 44.5 Å². The Hall–Kier alpha value is -3.12. The number of hydrogen-bond donors (Lipinski definition) is 0. The van der Waals surface area contributed by atoms with Crippen LogP contribution in [-0.2, 0) is 21.7 Å². The van der Waals surface area contributed by atoms with Crippen molar-refractivity contribution < 1.29 is 0 Å². The highest BCUT2D eigenvalue weighted by Crippen LogP contribution is 2.71. The summed E-state index contributed by atoms with van der Waals surface area (Å²) in [7, 11) is 0. The van der Waals surface area contributed by atoms with Crippen LogP contribution in [0.4, 0.5) is 0 Å². The summed E-state index contributed by atoms with van der Waals surface area (Å²) in [6.45, 7) is 10.0. The molecule has 0 amide bonds. The van der Waals surface area contributed by atoms with Crippen LogP contribution in [0.2, 0.25) is 0 Å². The topological polar surface area (TPSA) is 0 Å². The predicted octanol–water partition coefficient (Wildman–Crippen LogP) is 7.25. The summed E-state index contributed by atoms with van der Waals surface area (Å²) >= 11 is 0. The van der Waals surface area contributed by atoms with E-state index in [9.17, 15) is 0 Å². The Morgan fingerprint density at radius 3 is 0.531 bits per heavy atom. The van der Waals surface area contributed by atoms with Gasteiger partial charge >= 0.3 is 0 Å². The second kappa shape index (κ2) is 5.44. The summed E-state index contributed by atoms with van der Waals surface area (Å²) in [5.41, 5.74) is 11.1. The first kappa shape index (κ1) is 18.5. The third-order valence-corrected chi connectivity index (χ3v) is 10.0. The summed E-state index contributed by atoms with van der Waals surface area (Å²) in [5.74, 6) is 0. The lowest BCUT2D eigenvalue weighted by molar-refractivity contribution is 0.237. The van der Waals surface area contributed by atoms with Crippen LogP contribution in [0.15, 0.2) is 97.1 Å². The number of rotatable bonds is 0. The van der Waals surface area contributed by atoms with Gasteiger partial charge in [0, 0.05) is 21.7 Å². The van der Waals surface area contributed by atoms with Crippen molar-refractivity contribution >= 4 is 0 Å². The molecule has 6 aliphatic carbocycles. The standard InChI is InChI=1S/C32H28/c1-29-21-13-5-7-15-23(21)31(3,24-16-8-6-14-22(24)29)32(4)27-19-11-9-17-25(27)30(29,2)26-18-10-12-20-28(26)32/h5-20H,1-4H3. The van der Waals surface area contributed by atoms with Crippen molar-refractivity contribution in [3.05, 3.63) is 142 Å². The minimum absolute atomic E-state index is 0.187. The molecule has 0 unspecified atom stereocenters. The quantitative estimate of drug-likeness (QED) is 0.285. The molecule has 0 heterocycles. The molecule has 0 heteroatoms. The second-order valence-corrected chi connectivity index (χ2v) is 10.7. The molecule has 0 aromatic heterocycles. The second-order valence-electron chi connectivity index (χ2n) is 10.7. The van der Waals surface area contributed by atoms with Gasteiger partial charge in [0.15, 0.2) is 0 Å². The lowest BCUT2D eigenvalue weighted by Gasteiger charge is -2.66. The Morgan fingerprint density at radius 1 is 0.281 bits per heavy atom. The summed E-state index contributed by atoms with van der Waals surface area (Å²) in [4.78, 5) is 0. The zero-order valence-electron chi connectivity index (χ0n) is 19.2. The van der Waals surface area contributed by atoms with Crippen LogP contribution in [0.25, 0.3) is 0 Å². The van der Waals surface area contributed by atoms with E-state index >= 15 is 0 Å². The van der Waals surface area contributed by atoms with Crippen LogP contribution in [0.3, 0.4) is 0 Å². The lowest BCUT2D eigenvalue weighted by Crippen LogP contribution is -2.64. The van der Waals surface area contributed by atoms with Crippen LogP contribution in [0.1, 0.15) is 72.2 Å². The van der Waals surface area contributed by atoms with Crippen LogP contribution in [-0.4, -0.2) is 0 Å². The van der Waals surface area contributed by atoms with Gasteiger partial charge in [-0.2, -0.15) is 0 Å². The van der Waals surface area contributed by atoms with Gasteiger partial charge in [0.25, 0.3) is 0 Å². The summed E-state index contributed by atoms with van der Waals surface area (Å²) < 4.78 is 0. The first-order chi connectivity index (χ1) is 15.4. The fourth-order valence-corrected chi connectivity index (χ4v) is 8.16. The zero-order chi connectivity index (χ0) is 21.9. The van der Waals surface area contributed by atoms with E-state index in [2.05, 4.69) is 125 Å². The summed E-state index contributed by atoms with van der Waals surface area (Å²) in [6.07, 6.45) is 0. The van der Waals surface area contributed by atoms with Gasteiger partial charge in [-0.3, -0.25) is 0 Å². The maximum atomic E-state index is 2.51. The van der Waals surface area contributed by atoms with E-state index < -0.39 is 0 Å². The largest absolute Gasteiger partial charge is 0.0619 e. The van der Waals surface area contributed by atoms with Gasteiger partial charge in [0.05, 0.1) is 0 Å². The maximum absolute atomic E-state index is 2.51. The highest BCUT2D eigenvalue weighted by atomic mass is 14.7. The zero-order valence-corrected chi connectivity index (χ0v) is 19.2. The van der Waals surface area contributed by atoms with E-state index in [1.807, 2.05) is 0 Å². The molecule has 4 aromatic carbocycles. The fraction of sp³-hybridized carbons (Fsp3) is 0.250. The molecule has 32 heavy (non-hydrogen) atoms. The van der Waals surface area contributed by atoms with Gasteiger partial charge < -0.3 is 0 Å². The molecule has 10 rings (SSSR count). The van der Waals surface area contributed by atoms with Crippen molar-refractivity contribution in [1.29, 1.82) is 0 Å². The van der Waals surface area contributed by atoms with E-state index in [4.69, 9.17) is 0 Å². The molecule has 0 saturated carbocycles. The molecule has 156 valence electrons. The number of hydrogen-bond acceptors (Lipinski definition) is 0. The average Bonchev–Trinajstić information content (AvgIpc) is 2.85. The minimum Gasteiger partial charge on any atom is -0.0619 e. The Balaban J connectivity index is 1.85. The minimum atomic E-state index is -0.187. The van der Waals surface area contributed by atoms with Crippen molar-refractivity contribution in [1.82, 2.24) is 0 Å². The van der Waals surface area contributed by atoms with Crippen LogP contribution in [0, 0.1) is 0 Å². The smallest absolute Gasteiger partial charge is 0.0315 e. The Kier molecular flexibility index (Phi) is 3.13. The Bertz CT molecular complexity index is 1120. The van der Waals surface area contributed by atoms with E-state index in [1.54, 1.807) is 0 Å². The monoisotopic (exact) mass is 412 g/mol. The van der Waals surface area contributed by atoms with E-state index in [0.29, 0.717) is 0 Å². The molecule has 0 saturated heterocycles. The Labute approximate surface area is 191 Å².